The van der Waals surface area contributed by atoms with E-state index in [1.54, 1.807) is 49.6 Å². The summed E-state index contributed by atoms with van der Waals surface area (Å²) in [6.45, 7) is 0.744. The van der Waals surface area contributed by atoms with Crippen LogP contribution in [-0.4, -0.2) is 47.0 Å². The second-order valence-corrected chi connectivity index (χ2v) is 7.62. The predicted molar refractivity (Wildman–Crippen MR) is 122 cm³/mol. The first-order chi connectivity index (χ1) is 16.0. The summed E-state index contributed by atoms with van der Waals surface area (Å²) in [5, 5.41) is 8.49. The number of anilines is 2. The number of methoxy groups -OCH3 is 1. The molecule has 33 heavy (non-hydrogen) atoms. The van der Waals surface area contributed by atoms with E-state index in [4.69, 9.17) is 4.74 Å². The Labute approximate surface area is 189 Å². The largest absolute Gasteiger partial charge is 0.383 e. The quantitative estimate of drug-likeness (QED) is 0.501. The average Bonchev–Trinajstić information content (AvgIpc) is 2.93. The van der Waals surface area contributed by atoms with Gasteiger partial charge in [-0.2, -0.15) is 0 Å². The molecule has 0 spiro atoms. The number of hydrogen-bond donors (Lipinski definition) is 3. The molecule has 0 saturated carbocycles. The number of carbonyl (C=O) groups is 3. The second-order valence-electron chi connectivity index (χ2n) is 7.62. The number of benzene rings is 2. The minimum absolute atomic E-state index is 0.00212. The zero-order valence-corrected chi connectivity index (χ0v) is 18.0. The molecule has 10 heteroatoms. The van der Waals surface area contributed by atoms with Crippen molar-refractivity contribution in [3.8, 4) is 0 Å². The standard InChI is InChI=1S/C23H23N5O5/c1-33-11-10-28-13-24-17-7-6-14(12-16(17)23(28)32)25-20(29)9-8-19-22(31)26-18-5-3-2-4-15(18)21(30)27-19/h2-7,12-13,19H,8-11H2,1H3,(H,25,29)(H,26,31)(H,27,30). The smallest absolute Gasteiger partial charge is 0.261 e. The molecule has 170 valence electrons. The summed E-state index contributed by atoms with van der Waals surface area (Å²) < 4.78 is 6.45. The van der Waals surface area contributed by atoms with E-state index >= 15 is 0 Å². The maximum Gasteiger partial charge on any atom is 0.261 e. The molecule has 3 N–H and O–H groups in total. The number of nitrogens with zero attached hydrogens (tertiary/aromatic N) is 2. The van der Waals surface area contributed by atoms with Gasteiger partial charge in [0, 0.05) is 19.2 Å². The fourth-order valence-corrected chi connectivity index (χ4v) is 3.60. The van der Waals surface area contributed by atoms with Crippen LogP contribution in [0.15, 0.2) is 53.6 Å². The molecule has 1 aliphatic rings. The van der Waals surface area contributed by atoms with Crippen molar-refractivity contribution in [2.24, 2.45) is 0 Å². The van der Waals surface area contributed by atoms with Crippen LogP contribution in [0.2, 0.25) is 0 Å². The molecular formula is C23H23N5O5. The Morgan fingerprint density at radius 3 is 2.82 bits per heavy atom. The number of aromatic nitrogens is 2. The maximum atomic E-state index is 12.7. The van der Waals surface area contributed by atoms with Crippen LogP contribution >= 0.6 is 0 Å². The van der Waals surface area contributed by atoms with Gasteiger partial charge in [-0.15, -0.1) is 0 Å². The Hall–Kier alpha value is -4.05. The summed E-state index contributed by atoms with van der Waals surface area (Å²) in [6.07, 6.45) is 1.58. The molecule has 0 fully saturated rings. The summed E-state index contributed by atoms with van der Waals surface area (Å²) >= 11 is 0. The highest BCUT2D eigenvalue weighted by molar-refractivity contribution is 6.10. The lowest BCUT2D eigenvalue weighted by molar-refractivity contribution is -0.118. The van der Waals surface area contributed by atoms with E-state index in [1.807, 2.05) is 0 Å². The topological polar surface area (TPSA) is 131 Å². The number of carbonyl (C=O) groups excluding carboxylic acids is 3. The van der Waals surface area contributed by atoms with Crippen molar-refractivity contribution in [2.75, 3.05) is 24.4 Å². The van der Waals surface area contributed by atoms with Gasteiger partial charge in [0.2, 0.25) is 11.8 Å². The van der Waals surface area contributed by atoms with Crippen molar-refractivity contribution in [1.29, 1.82) is 0 Å². The van der Waals surface area contributed by atoms with Crippen LogP contribution in [0.1, 0.15) is 23.2 Å². The van der Waals surface area contributed by atoms with E-state index in [2.05, 4.69) is 20.9 Å². The Kier molecular flexibility index (Phi) is 6.45. The number of amides is 3. The minimum atomic E-state index is -0.843. The molecule has 0 aliphatic carbocycles. The maximum absolute atomic E-state index is 12.7. The van der Waals surface area contributed by atoms with Crippen molar-refractivity contribution < 1.29 is 19.1 Å². The van der Waals surface area contributed by atoms with Gasteiger partial charge >= 0.3 is 0 Å². The van der Waals surface area contributed by atoms with Crippen molar-refractivity contribution in [2.45, 2.75) is 25.4 Å². The second kappa shape index (κ2) is 9.61. The van der Waals surface area contributed by atoms with Gasteiger partial charge in [0.1, 0.15) is 6.04 Å². The third-order valence-electron chi connectivity index (χ3n) is 5.36. The lowest BCUT2D eigenvalue weighted by Crippen LogP contribution is -2.41. The summed E-state index contributed by atoms with van der Waals surface area (Å²) in [5.74, 6) is -1.10. The van der Waals surface area contributed by atoms with Gasteiger partial charge < -0.3 is 20.7 Å². The molecule has 2 heterocycles. The van der Waals surface area contributed by atoms with Gasteiger partial charge in [-0.25, -0.2) is 4.98 Å². The first-order valence-electron chi connectivity index (χ1n) is 10.4. The molecule has 10 nitrogen and oxygen atoms in total. The van der Waals surface area contributed by atoms with Crippen LogP contribution < -0.4 is 21.5 Å². The van der Waals surface area contributed by atoms with Crippen molar-refractivity contribution in [1.82, 2.24) is 14.9 Å². The number of para-hydroxylation sites is 1. The van der Waals surface area contributed by atoms with E-state index in [1.165, 1.54) is 10.9 Å². The van der Waals surface area contributed by atoms with E-state index < -0.39 is 6.04 Å². The molecule has 2 aromatic carbocycles. The molecule has 1 atom stereocenters. The SMILES string of the molecule is COCCn1cnc2ccc(NC(=O)CCC3NC(=O)c4ccccc4NC3=O)cc2c1=O. The van der Waals surface area contributed by atoms with E-state index in [0.29, 0.717) is 41.0 Å². The fraction of sp³-hybridized carbons (Fsp3) is 0.261. The molecule has 3 amide bonds. The summed E-state index contributed by atoms with van der Waals surface area (Å²) in [6, 6.07) is 10.8. The number of ether oxygens (including phenoxy) is 1. The van der Waals surface area contributed by atoms with Gasteiger partial charge in [-0.1, -0.05) is 12.1 Å². The first-order valence-corrected chi connectivity index (χ1v) is 10.4. The predicted octanol–water partition coefficient (Wildman–Crippen LogP) is 1.51. The van der Waals surface area contributed by atoms with Crippen LogP contribution in [0.3, 0.4) is 0 Å². The minimum Gasteiger partial charge on any atom is -0.383 e. The van der Waals surface area contributed by atoms with Gasteiger partial charge in [0.05, 0.1) is 41.6 Å². The molecule has 3 aromatic rings. The zero-order valence-electron chi connectivity index (χ0n) is 18.0. The van der Waals surface area contributed by atoms with Crippen LogP contribution in [0.4, 0.5) is 11.4 Å². The van der Waals surface area contributed by atoms with Gasteiger partial charge in [-0.3, -0.25) is 23.7 Å². The summed E-state index contributed by atoms with van der Waals surface area (Å²) in [5.41, 5.74) is 1.54. The highest BCUT2D eigenvalue weighted by Gasteiger charge is 2.27. The number of nitrogens with one attached hydrogen (secondary N) is 3. The van der Waals surface area contributed by atoms with Gasteiger partial charge in [0.15, 0.2) is 0 Å². The van der Waals surface area contributed by atoms with E-state index in [0.717, 1.165) is 0 Å². The highest BCUT2D eigenvalue weighted by atomic mass is 16.5. The Bertz CT molecular complexity index is 1290. The third-order valence-corrected chi connectivity index (χ3v) is 5.36. The van der Waals surface area contributed by atoms with Crippen LogP contribution in [0.25, 0.3) is 10.9 Å². The number of rotatable bonds is 7. The summed E-state index contributed by atoms with van der Waals surface area (Å²) in [7, 11) is 1.55. The summed E-state index contributed by atoms with van der Waals surface area (Å²) in [4.78, 5) is 54.3. The van der Waals surface area contributed by atoms with Gasteiger partial charge in [0.25, 0.3) is 11.5 Å². The normalized spacial score (nSPS) is 15.4. The Morgan fingerprint density at radius 2 is 2.00 bits per heavy atom. The highest BCUT2D eigenvalue weighted by Crippen LogP contribution is 2.20. The van der Waals surface area contributed by atoms with Gasteiger partial charge in [-0.05, 0) is 36.8 Å². The lowest BCUT2D eigenvalue weighted by atomic mass is 10.1. The molecule has 1 aliphatic heterocycles. The first kappa shape index (κ1) is 22.2. The van der Waals surface area contributed by atoms with E-state index in [-0.39, 0.29) is 36.1 Å². The zero-order chi connectivity index (χ0) is 23.4. The number of hydrogen-bond acceptors (Lipinski definition) is 6. The molecule has 0 bridgehead atoms. The lowest BCUT2D eigenvalue weighted by Gasteiger charge is -2.14. The molecule has 0 radical (unpaired) electrons. The third kappa shape index (κ3) is 4.90. The fourth-order valence-electron chi connectivity index (χ4n) is 3.60. The van der Waals surface area contributed by atoms with Crippen LogP contribution in [0.5, 0.6) is 0 Å². The van der Waals surface area contributed by atoms with Crippen LogP contribution in [-0.2, 0) is 20.9 Å². The van der Waals surface area contributed by atoms with Crippen LogP contribution in [0, 0.1) is 0 Å². The average molecular weight is 449 g/mol. The number of fused-ring (bicyclic) bond motifs is 2. The molecular weight excluding hydrogens is 426 g/mol. The molecule has 0 saturated heterocycles. The molecule has 1 aromatic heterocycles. The van der Waals surface area contributed by atoms with E-state index in [9.17, 15) is 19.2 Å². The Balaban J connectivity index is 1.41. The molecule has 4 rings (SSSR count). The molecule has 1 unspecified atom stereocenters. The van der Waals surface area contributed by atoms with Crippen molar-refractivity contribution in [3.63, 3.8) is 0 Å². The monoisotopic (exact) mass is 449 g/mol. The van der Waals surface area contributed by atoms with Crippen molar-refractivity contribution in [3.05, 3.63) is 64.7 Å². The van der Waals surface area contributed by atoms with Crippen molar-refractivity contribution >= 4 is 40.0 Å². The Morgan fingerprint density at radius 1 is 1.18 bits per heavy atom.